The molecular formula is C25H31N3O3S. The predicted octanol–water partition coefficient (Wildman–Crippen LogP) is 2.93. The summed E-state index contributed by atoms with van der Waals surface area (Å²) in [6.45, 7) is 5.01. The van der Waals surface area contributed by atoms with Crippen molar-refractivity contribution >= 4 is 15.9 Å². The Bertz CT molecular complexity index is 1080. The molecule has 6 nitrogen and oxygen atoms in total. The Morgan fingerprint density at radius 1 is 1.09 bits per heavy atom. The molecule has 2 heterocycles. The Balaban J connectivity index is 1.27. The van der Waals surface area contributed by atoms with E-state index in [-0.39, 0.29) is 22.3 Å². The smallest absolute Gasteiger partial charge is 0.243 e. The molecule has 3 fully saturated rings. The minimum absolute atomic E-state index is 0.0863. The second-order valence-corrected chi connectivity index (χ2v) is 11.6. The van der Waals surface area contributed by atoms with Gasteiger partial charge in [-0.25, -0.2) is 8.42 Å². The zero-order valence-electron chi connectivity index (χ0n) is 18.5. The van der Waals surface area contributed by atoms with Crippen LogP contribution in [0.15, 0.2) is 59.5 Å². The Morgan fingerprint density at radius 3 is 2.50 bits per heavy atom. The van der Waals surface area contributed by atoms with Crippen molar-refractivity contribution in [2.45, 2.75) is 56.1 Å². The summed E-state index contributed by atoms with van der Waals surface area (Å²) in [6.07, 6.45) is 3.53. The molecule has 170 valence electrons. The van der Waals surface area contributed by atoms with Gasteiger partial charge in [-0.05, 0) is 50.3 Å². The lowest BCUT2D eigenvalue weighted by Gasteiger charge is -2.26. The Morgan fingerprint density at radius 2 is 1.81 bits per heavy atom. The van der Waals surface area contributed by atoms with Crippen molar-refractivity contribution in [1.82, 2.24) is 14.5 Å². The molecule has 1 saturated carbocycles. The number of hydrogen-bond acceptors (Lipinski definition) is 4. The normalized spacial score (nSPS) is 25.3. The Hall–Kier alpha value is -2.22. The van der Waals surface area contributed by atoms with Crippen molar-refractivity contribution in [2.75, 3.05) is 19.6 Å². The maximum absolute atomic E-state index is 13.3. The van der Waals surface area contributed by atoms with Crippen molar-refractivity contribution in [3.8, 4) is 0 Å². The van der Waals surface area contributed by atoms with Crippen LogP contribution in [-0.4, -0.2) is 55.2 Å². The number of nitrogens with zero attached hydrogens (tertiary/aromatic N) is 2. The molecule has 0 bridgehead atoms. The van der Waals surface area contributed by atoms with E-state index in [1.165, 1.54) is 9.87 Å². The van der Waals surface area contributed by atoms with Crippen LogP contribution in [0, 0.1) is 12.3 Å². The zero-order valence-corrected chi connectivity index (χ0v) is 19.4. The van der Waals surface area contributed by atoms with Gasteiger partial charge >= 0.3 is 0 Å². The summed E-state index contributed by atoms with van der Waals surface area (Å²) in [5.74, 6) is -0.143. The van der Waals surface area contributed by atoms with Crippen LogP contribution in [0.5, 0.6) is 0 Å². The fraction of sp³-hybridized carbons (Fsp3) is 0.480. The average Bonchev–Trinajstić information content (AvgIpc) is 3.23. The van der Waals surface area contributed by atoms with Crippen LogP contribution in [0.4, 0.5) is 0 Å². The third-order valence-corrected chi connectivity index (χ3v) is 9.23. The van der Waals surface area contributed by atoms with E-state index in [2.05, 4.69) is 34.5 Å². The highest BCUT2D eigenvalue weighted by molar-refractivity contribution is 7.89. The SMILES string of the molecule is Cc1ccc(S(=O)(=O)N2CCCC2C(=O)NC2CN(Cc3ccccc3)CC23CC3)cc1. The van der Waals surface area contributed by atoms with Gasteiger partial charge in [-0.1, -0.05) is 48.0 Å². The summed E-state index contributed by atoms with van der Waals surface area (Å²) >= 11 is 0. The molecule has 0 radical (unpaired) electrons. The lowest BCUT2D eigenvalue weighted by molar-refractivity contribution is -0.125. The molecular weight excluding hydrogens is 422 g/mol. The summed E-state index contributed by atoms with van der Waals surface area (Å²) < 4.78 is 27.9. The summed E-state index contributed by atoms with van der Waals surface area (Å²) in [4.78, 5) is 16.0. The third-order valence-electron chi connectivity index (χ3n) is 7.31. The van der Waals surface area contributed by atoms with Gasteiger partial charge in [-0.3, -0.25) is 9.69 Å². The van der Waals surface area contributed by atoms with Gasteiger partial charge in [0, 0.05) is 37.6 Å². The molecule has 2 atom stereocenters. The van der Waals surface area contributed by atoms with Gasteiger partial charge in [-0.15, -0.1) is 0 Å². The molecule has 2 aliphatic heterocycles. The second kappa shape index (κ2) is 8.28. The van der Waals surface area contributed by atoms with Gasteiger partial charge in [0.15, 0.2) is 0 Å². The number of rotatable bonds is 6. The van der Waals surface area contributed by atoms with E-state index in [1.54, 1.807) is 24.3 Å². The molecule has 2 saturated heterocycles. The first-order valence-corrected chi connectivity index (χ1v) is 13.0. The molecule has 1 aliphatic carbocycles. The van der Waals surface area contributed by atoms with E-state index in [0.29, 0.717) is 19.4 Å². The van der Waals surface area contributed by atoms with Crippen LogP contribution >= 0.6 is 0 Å². The summed E-state index contributed by atoms with van der Waals surface area (Å²) in [5, 5.41) is 3.27. The number of carbonyl (C=O) groups excluding carboxylic acids is 1. The highest BCUT2D eigenvalue weighted by Gasteiger charge is 2.56. The van der Waals surface area contributed by atoms with Gasteiger partial charge in [0.2, 0.25) is 15.9 Å². The molecule has 32 heavy (non-hydrogen) atoms. The van der Waals surface area contributed by atoms with Crippen LogP contribution in [0.1, 0.15) is 36.8 Å². The zero-order chi connectivity index (χ0) is 22.3. The molecule has 1 N–H and O–H groups in total. The van der Waals surface area contributed by atoms with Crippen molar-refractivity contribution in [2.24, 2.45) is 5.41 Å². The molecule has 1 amide bonds. The van der Waals surface area contributed by atoms with E-state index in [4.69, 9.17) is 0 Å². The summed E-state index contributed by atoms with van der Waals surface area (Å²) in [6, 6.07) is 16.7. The summed E-state index contributed by atoms with van der Waals surface area (Å²) in [5.41, 5.74) is 2.45. The minimum atomic E-state index is -3.69. The van der Waals surface area contributed by atoms with Crippen LogP contribution in [0.25, 0.3) is 0 Å². The molecule has 3 aliphatic rings. The number of amides is 1. The maximum atomic E-state index is 13.3. The fourth-order valence-electron chi connectivity index (χ4n) is 5.30. The third kappa shape index (κ3) is 4.09. The number of aryl methyl sites for hydroxylation is 1. The van der Waals surface area contributed by atoms with Gasteiger partial charge in [-0.2, -0.15) is 4.31 Å². The molecule has 2 unspecified atom stereocenters. The van der Waals surface area contributed by atoms with Gasteiger partial charge in [0.25, 0.3) is 0 Å². The van der Waals surface area contributed by atoms with Gasteiger partial charge in [0.1, 0.15) is 6.04 Å². The van der Waals surface area contributed by atoms with Crippen LogP contribution < -0.4 is 5.32 Å². The number of carbonyl (C=O) groups is 1. The van der Waals surface area contributed by atoms with Crippen molar-refractivity contribution in [1.29, 1.82) is 0 Å². The number of hydrogen-bond donors (Lipinski definition) is 1. The largest absolute Gasteiger partial charge is 0.350 e. The van der Waals surface area contributed by atoms with Crippen LogP contribution in [0.3, 0.4) is 0 Å². The van der Waals surface area contributed by atoms with E-state index in [1.807, 2.05) is 13.0 Å². The van der Waals surface area contributed by atoms with Crippen molar-refractivity contribution in [3.05, 3.63) is 65.7 Å². The first-order valence-electron chi connectivity index (χ1n) is 11.5. The number of likely N-dealkylation sites (tertiary alicyclic amines) is 1. The van der Waals surface area contributed by atoms with Crippen LogP contribution in [-0.2, 0) is 21.4 Å². The standard InChI is InChI=1S/C25H31N3O3S/c1-19-9-11-21(12-10-19)32(30,31)28-15-5-8-22(28)24(29)26-23-17-27(18-25(23)13-14-25)16-20-6-3-2-4-7-20/h2-4,6-7,9-12,22-23H,5,8,13-18H2,1H3,(H,26,29). The molecule has 2 aromatic carbocycles. The molecule has 0 aromatic heterocycles. The fourth-order valence-corrected chi connectivity index (χ4v) is 6.96. The van der Waals surface area contributed by atoms with E-state index >= 15 is 0 Å². The maximum Gasteiger partial charge on any atom is 0.243 e. The molecule has 5 rings (SSSR count). The topological polar surface area (TPSA) is 69.7 Å². The number of sulfonamides is 1. The first kappa shape index (κ1) is 21.6. The highest BCUT2D eigenvalue weighted by Crippen LogP contribution is 2.53. The highest BCUT2D eigenvalue weighted by atomic mass is 32.2. The lowest BCUT2D eigenvalue weighted by Crippen LogP contribution is -2.51. The van der Waals surface area contributed by atoms with Gasteiger partial charge < -0.3 is 5.32 Å². The molecule has 7 heteroatoms. The van der Waals surface area contributed by atoms with Crippen LogP contribution in [0.2, 0.25) is 0 Å². The predicted molar refractivity (Wildman–Crippen MR) is 123 cm³/mol. The van der Waals surface area contributed by atoms with Gasteiger partial charge in [0.05, 0.1) is 4.90 Å². The molecule has 1 spiro atoms. The Kier molecular flexibility index (Phi) is 5.60. The second-order valence-electron chi connectivity index (χ2n) is 9.67. The number of benzene rings is 2. The first-order chi connectivity index (χ1) is 15.4. The molecule has 2 aromatic rings. The average molecular weight is 454 g/mol. The lowest BCUT2D eigenvalue weighted by atomic mass is 10.0. The van der Waals surface area contributed by atoms with Crippen molar-refractivity contribution < 1.29 is 13.2 Å². The van der Waals surface area contributed by atoms with E-state index in [0.717, 1.165) is 38.0 Å². The monoisotopic (exact) mass is 453 g/mol. The summed E-state index contributed by atoms with van der Waals surface area (Å²) in [7, 11) is -3.69. The van der Waals surface area contributed by atoms with E-state index < -0.39 is 16.1 Å². The Labute approximate surface area is 190 Å². The van der Waals surface area contributed by atoms with Crippen molar-refractivity contribution in [3.63, 3.8) is 0 Å². The number of nitrogens with one attached hydrogen (secondary N) is 1. The minimum Gasteiger partial charge on any atom is -0.350 e. The quantitative estimate of drug-likeness (QED) is 0.730. The van der Waals surface area contributed by atoms with E-state index in [9.17, 15) is 13.2 Å².